The van der Waals surface area contributed by atoms with Crippen LogP contribution in [0.2, 0.25) is 6.55 Å². The van der Waals surface area contributed by atoms with Gasteiger partial charge in [-0.05, 0) is 23.4 Å². The Morgan fingerprint density at radius 3 is 2.48 bits per heavy atom. The van der Waals surface area contributed by atoms with E-state index in [1.54, 1.807) is 0 Å². The first-order valence-corrected chi connectivity index (χ1v) is 11.1. The SMILES string of the molecule is Cc1ccc([Si]2(C)C[N+]3=C(OCC3(C)C)c3ccccc32)cc1. The molecule has 1 atom stereocenters. The van der Waals surface area contributed by atoms with Crippen molar-refractivity contribution < 1.29 is 9.31 Å². The minimum Gasteiger partial charge on any atom is -0.437 e. The molecule has 0 N–H and O–H groups in total. The maximum absolute atomic E-state index is 6.11. The molecular weight excluding hydrogens is 298 g/mol. The molecule has 0 radical (unpaired) electrons. The molecule has 0 amide bonds. The van der Waals surface area contributed by atoms with Gasteiger partial charge in [0.05, 0.1) is 5.56 Å². The minimum absolute atomic E-state index is 0.0713. The lowest BCUT2D eigenvalue weighted by molar-refractivity contribution is -0.575. The Morgan fingerprint density at radius 2 is 1.74 bits per heavy atom. The summed E-state index contributed by atoms with van der Waals surface area (Å²) >= 11 is 0. The summed E-state index contributed by atoms with van der Waals surface area (Å²) < 4.78 is 8.63. The van der Waals surface area contributed by atoms with E-state index in [1.165, 1.54) is 21.5 Å². The van der Waals surface area contributed by atoms with E-state index in [2.05, 4.69) is 80.4 Å². The molecule has 3 heteroatoms. The lowest BCUT2D eigenvalue weighted by atomic mass is 10.1. The number of aryl methyl sites for hydroxylation is 1. The molecule has 2 aromatic rings. The number of rotatable bonds is 1. The van der Waals surface area contributed by atoms with Crippen molar-refractivity contribution in [2.24, 2.45) is 0 Å². The van der Waals surface area contributed by atoms with Crippen LogP contribution >= 0.6 is 0 Å². The second kappa shape index (κ2) is 4.81. The van der Waals surface area contributed by atoms with Crippen molar-refractivity contribution in [3.8, 4) is 0 Å². The summed E-state index contributed by atoms with van der Waals surface area (Å²) in [6, 6.07) is 18.0. The van der Waals surface area contributed by atoms with E-state index in [1.807, 2.05) is 0 Å². The Hall–Kier alpha value is -1.87. The van der Waals surface area contributed by atoms with Gasteiger partial charge in [0.2, 0.25) is 0 Å². The number of benzene rings is 2. The van der Waals surface area contributed by atoms with Gasteiger partial charge in [-0.3, -0.25) is 0 Å². The molecule has 2 aliphatic rings. The van der Waals surface area contributed by atoms with Crippen molar-refractivity contribution in [1.29, 1.82) is 0 Å². The van der Waals surface area contributed by atoms with Crippen LogP contribution in [-0.4, -0.2) is 36.9 Å². The van der Waals surface area contributed by atoms with Crippen molar-refractivity contribution in [3.63, 3.8) is 0 Å². The van der Waals surface area contributed by atoms with E-state index < -0.39 is 8.07 Å². The van der Waals surface area contributed by atoms with Gasteiger partial charge in [0.1, 0.15) is 6.17 Å². The van der Waals surface area contributed by atoms with Crippen LogP contribution in [0, 0.1) is 6.92 Å². The summed E-state index contributed by atoms with van der Waals surface area (Å²) in [4.78, 5) is 0. The van der Waals surface area contributed by atoms with Crippen LogP contribution in [0.25, 0.3) is 0 Å². The van der Waals surface area contributed by atoms with E-state index in [0.29, 0.717) is 0 Å². The number of hydrogen-bond donors (Lipinski definition) is 0. The molecule has 0 aromatic heterocycles. The average molecular weight is 323 g/mol. The monoisotopic (exact) mass is 322 g/mol. The van der Waals surface area contributed by atoms with Crippen LogP contribution in [0.4, 0.5) is 0 Å². The highest BCUT2D eigenvalue weighted by Gasteiger charge is 2.53. The number of ether oxygens (including phenoxy) is 1. The van der Waals surface area contributed by atoms with E-state index in [0.717, 1.165) is 18.7 Å². The molecule has 0 saturated carbocycles. The van der Waals surface area contributed by atoms with Gasteiger partial charge < -0.3 is 4.74 Å². The van der Waals surface area contributed by atoms with Gasteiger partial charge in [-0.1, -0.05) is 54.6 Å². The fourth-order valence-electron chi connectivity index (χ4n) is 3.91. The summed E-state index contributed by atoms with van der Waals surface area (Å²) in [5.74, 6) is 1.09. The zero-order valence-electron chi connectivity index (χ0n) is 14.4. The summed E-state index contributed by atoms with van der Waals surface area (Å²) in [6.45, 7) is 10.0. The largest absolute Gasteiger partial charge is 0.437 e. The third kappa shape index (κ3) is 2.10. The van der Waals surface area contributed by atoms with E-state index in [9.17, 15) is 0 Å². The third-order valence-corrected chi connectivity index (χ3v) is 9.63. The molecule has 1 unspecified atom stereocenters. The van der Waals surface area contributed by atoms with Crippen molar-refractivity contribution in [2.75, 3.05) is 12.8 Å². The van der Waals surface area contributed by atoms with Crippen molar-refractivity contribution in [1.82, 2.24) is 0 Å². The maximum atomic E-state index is 6.11. The fraction of sp³-hybridized carbons (Fsp3) is 0.350. The molecule has 2 aliphatic heterocycles. The summed E-state index contributed by atoms with van der Waals surface area (Å²) in [5.41, 5.74) is 2.70. The predicted molar refractivity (Wildman–Crippen MR) is 97.8 cm³/mol. The van der Waals surface area contributed by atoms with Gasteiger partial charge in [-0.2, -0.15) is 4.58 Å². The molecule has 4 rings (SSSR count). The first kappa shape index (κ1) is 14.7. The Kier molecular flexibility index (Phi) is 3.07. The number of nitrogens with zero attached hydrogens (tertiary/aromatic N) is 1. The lowest BCUT2D eigenvalue weighted by Crippen LogP contribution is -2.67. The fourth-order valence-corrected chi connectivity index (χ4v) is 7.92. The number of hydrogen-bond acceptors (Lipinski definition) is 1. The third-order valence-electron chi connectivity index (χ3n) is 5.45. The molecule has 0 spiro atoms. The summed E-state index contributed by atoms with van der Waals surface area (Å²) in [7, 11) is -1.81. The Labute approximate surface area is 139 Å². The standard InChI is InChI=1S/C20H24NOSi/c1-15-9-11-16(12-10-15)23(4)14-21-19(22-13-20(21,2)3)17-7-5-6-8-18(17)23/h5-12H,13-14H2,1-4H3/q+1. The molecule has 118 valence electrons. The van der Waals surface area contributed by atoms with E-state index >= 15 is 0 Å². The number of fused-ring (bicyclic) bond motifs is 2. The first-order valence-electron chi connectivity index (χ1n) is 8.36. The Morgan fingerprint density at radius 1 is 1.04 bits per heavy atom. The van der Waals surface area contributed by atoms with Crippen LogP contribution in [0.3, 0.4) is 0 Å². The molecule has 0 bridgehead atoms. The van der Waals surface area contributed by atoms with Crippen molar-refractivity contribution >= 4 is 24.3 Å². The second-order valence-corrected chi connectivity index (χ2v) is 11.8. The minimum atomic E-state index is -1.81. The summed E-state index contributed by atoms with van der Waals surface area (Å²) in [6.07, 6.45) is 1.09. The van der Waals surface area contributed by atoms with Crippen molar-refractivity contribution in [2.45, 2.75) is 32.9 Å². The van der Waals surface area contributed by atoms with Gasteiger partial charge in [0, 0.05) is 13.8 Å². The van der Waals surface area contributed by atoms with E-state index in [4.69, 9.17) is 4.74 Å². The lowest BCUT2D eigenvalue weighted by Gasteiger charge is -2.32. The molecule has 2 aromatic carbocycles. The molecule has 0 aliphatic carbocycles. The topological polar surface area (TPSA) is 12.2 Å². The van der Waals surface area contributed by atoms with Crippen molar-refractivity contribution in [3.05, 3.63) is 59.7 Å². The van der Waals surface area contributed by atoms with Crippen LogP contribution < -0.4 is 10.4 Å². The quantitative estimate of drug-likeness (QED) is 0.580. The molecule has 0 fully saturated rings. The second-order valence-electron chi connectivity index (χ2n) is 7.74. The molecular formula is C20H24NOSi+. The average Bonchev–Trinajstić information content (AvgIpc) is 2.83. The molecule has 2 heterocycles. The summed E-state index contributed by atoms with van der Waals surface area (Å²) in [5, 5.41) is 3.02. The predicted octanol–water partition coefficient (Wildman–Crippen LogP) is 2.31. The van der Waals surface area contributed by atoms with Crippen LogP contribution in [0.1, 0.15) is 25.0 Å². The zero-order valence-corrected chi connectivity index (χ0v) is 15.4. The van der Waals surface area contributed by atoms with Gasteiger partial charge in [-0.25, -0.2) is 0 Å². The van der Waals surface area contributed by atoms with Crippen LogP contribution in [0.15, 0.2) is 48.5 Å². The smallest absolute Gasteiger partial charge is 0.370 e. The highest BCUT2D eigenvalue weighted by Crippen LogP contribution is 2.26. The van der Waals surface area contributed by atoms with Crippen LogP contribution in [-0.2, 0) is 4.74 Å². The highest BCUT2D eigenvalue weighted by atomic mass is 28.3. The Bertz CT molecular complexity index is 807. The van der Waals surface area contributed by atoms with Crippen LogP contribution in [0.5, 0.6) is 0 Å². The first-order chi connectivity index (χ1) is 10.9. The van der Waals surface area contributed by atoms with Gasteiger partial charge in [0.25, 0.3) is 0 Å². The van der Waals surface area contributed by atoms with Gasteiger partial charge >= 0.3 is 5.90 Å². The normalized spacial score (nSPS) is 24.9. The highest BCUT2D eigenvalue weighted by molar-refractivity contribution is 7.02. The maximum Gasteiger partial charge on any atom is 0.370 e. The van der Waals surface area contributed by atoms with Gasteiger partial charge in [0.15, 0.2) is 20.2 Å². The van der Waals surface area contributed by atoms with Gasteiger partial charge in [-0.15, -0.1) is 0 Å². The molecule has 23 heavy (non-hydrogen) atoms. The molecule has 2 nitrogen and oxygen atoms in total. The molecule has 0 saturated heterocycles. The van der Waals surface area contributed by atoms with E-state index in [-0.39, 0.29) is 5.54 Å². The zero-order chi connectivity index (χ0) is 16.2. The Balaban J connectivity index is 1.95.